The Kier molecular flexibility index (Phi) is 5.00. The average molecular weight is 313 g/mol. The molecule has 4 nitrogen and oxygen atoms in total. The van der Waals surface area contributed by atoms with Gasteiger partial charge >= 0.3 is 0 Å². The fraction of sp³-hybridized carbons (Fsp3) is 0.235. The van der Waals surface area contributed by atoms with Crippen LogP contribution in [0.25, 0.3) is 6.08 Å². The molecule has 1 saturated heterocycles. The van der Waals surface area contributed by atoms with Gasteiger partial charge in [-0.3, -0.25) is 15.6 Å². The van der Waals surface area contributed by atoms with Crippen molar-refractivity contribution in [1.29, 1.82) is 0 Å². The summed E-state index contributed by atoms with van der Waals surface area (Å²) >= 11 is 1.68. The molecule has 1 aliphatic rings. The summed E-state index contributed by atoms with van der Waals surface area (Å²) in [5.74, 6) is 0.0488. The number of hydrogen-bond acceptors (Lipinski definition) is 4. The van der Waals surface area contributed by atoms with Crippen LogP contribution in [0.4, 0.5) is 0 Å². The standard InChI is InChI=1S/C17H19N3OS/c21-17(9-8-14-5-2-1-3-6-14)20(15-11-18-19-12-15)13-16-7-4-10-22-16/h1-10,15,18-19H,11-13H2/b9-8+. The number of rotatable bonds is 5. The second kappa shape index (κ2) is 7.35. The van der Waals surface area contributed by atoms with Gasteiger partial charge in [-0.05, 0) is 23.1 Å². The summed E-state index contributed by atoms with van der Waals surface area (Å²) in [6.07, 6.45) is 3.54. The van der Waals surface area contributed by atoms with Crippen molar-refractivity contribution in [3.63, 3.8) is 0 Å². The van der Waals surface area contributed by atoms with Gasteiger partial charge in [-0.15, -0.1) is 11.3 Å². The molecular weight excluding hydrogens is 294 g/mol. The van der Waals surface area contributed by atoms with Crippen molar-refractivity contribution in [2.45, 2.75) is 12.6 Å². The number of amides is 1. The Morgan fingerprint density at radius 1 is 1.18 bits per heavy atom. The van der Waals surface area contributed by atoms with Crippen molar-refractivity contribution >= 4 is 23.3 Å². The average Bonchev–Trinajstić information content (AvgIpc) is 3.24. The second-order valence-electron chi connectivity index (χ2n) is 5.21. The zero-order valence-electron chi connectivity index (χ0n) is 12.2. The van der Waals surface area contributed by atoms with E-state index >= 15 is 0 Å². The number of carbonyl (C=O) groups is 1. The molecule has 22 heavy (non-hydrogen) atoms. The Morgan fingerprint density at radius 2 is 1.95 bits per heavy atom. The number of hydrazine groups is 1. The molecule has 3 rings (SSSR count). The van der Waals surface area contributed by atoms with E-state index in [1.807, 2.05) is 52.8 Å². The SMILES string of the molecule is O=C(/C=C/c1ccccc1)N(Cc1cccs1)C1CNNC1. The second-order valence-corrected chi connectivity index (χ2v) is 6.24. The van der Waals surface area contributed by atoms with Crippen molar-refractivity contribution in [3.05, 3.63) is 64.4 Å². The molecular formula is C17H19N3OS. The Morgan fingerprint density at radius 3 is 2.64 bits per heavy atom. The molecule has 0 atom stereocenters. The van der Waals surface area contributed by atoms with E-state index in [-0.39, 0.29) is 11.9 Å². The lowest BCUT2D eigenvalue weighted by Gasteiger charge is -2.26. The summed E-state index contributed by atoms with van der Waals surface area (Å²) in [5, 5.41) is 2.04. The molecule has 1 fully saturated rings. The van der Waals surface area contributed by atoms with Crippen molar-refractivity contribution in [2.75, 3.05) is 13.1 Å². The van der Waals surface area contributed by atoms with Crippen LogP contribution in [0.1, 0.15) is 10.4 Å². The fourth-order valence-electron chi connectivity index (χ4n) is 2.46. The highest BCUT2D eigenvalue weighted by Crippen LogP contribution is 2.15. The molecule has 0 unspecified atom stereocenters. The van der Waals surface area contributed by atoms with Gasteiger partial charge in [0.1, 0.15) is 0 Å². The van der Waals surface area contributed by atoms with Crippen LogP contribution < -0.4 is 10.9 Å². The molecule has 0 bridgehead atoms. The molecule has 5 heteroatoms. The molecule has 0 spiro atoms. The lowest BCUT2D eigenvalue weighted by Crippen LogP contribution is -2.41. The summed E-state index contributed by atoms with van der Waals surface area (Å²) in [5.41, 5.74) is 7.23. The molecule has 2 aromatic rings. The van der Waals surface area contributed by atoms with Gasteiger partial charge in [0.15, 0.2) is 0 Å². The lowest BCUT2D eigenvalue weighted by molar-refractivity contribution is -0.128. The van der Waals surface area contributed by atoms with E-state index in [9.17, 15) is 4.79 Å². The lowest BCUT2D eigenvalue weighted by atomic mass is 10.2. The first-order chi connectivity index (χ1) is 10.8. The van der Waals surface area contributed by atoms with Gasteiger partial charge in [0.05, 0.1) is 12.6 Å². The van der Waals surface area contributed by atoms with Crippen LogP contribution in [0.3, 0.4) is 0 Å². The Balaban J connectivity index is 1.72. The number of benzene rings is 1. The van der Waals surface area contributed by atoms with Crippen LogP contribution in [0.15, 0.2) is 53.9 Å². The van der Waals surface area contributed by atoms with Crippen molar-refractivity contribution in [1.82, 2.24) is 15.8 Å². The highest BCUT2D eigenvalue weighted by molar-refractivity contribution is 7.09. The van der Waals surface area contributed by atoms with Crippen LogP contribution in [0.5, 0.6) is 0 Å². The Bertz CT molecular complexity index is 619. The van der Waals surface area contributed by atoms with Crippen molar-refractivity contribution in [3.8, 4) is 0 Å². The third-order valence-electron chi connectivity index (χ3n) is 3.65. The van der Waals surface area contributed by atoms with E-state index in [4.69, 9.17) is 0 Å². The smallest absolute Gasteiger partial charge is 0.247 e. The van der Waals surface area contributed by atoms with Gasteiger partial charge in [0.2, 0.25) is 5.91 Å². The predicted molar refractivity (Wildman–Crippen MR) is 90.1 cm³/mol. The van der Waals surface area contributed by atoms with Gasteiger partial charge in [-0.25, -0.2) is 0 Å². The number of hydrogen-bond donors (Lipinski definition) is 2. The number of nitrogens with one attached hydrogen (secondary N) is 2. The van der Waals surface area contributed by atoms with Crippen LogP contribution in [0, 0.1) is 0 Å². The zero-order chi connectivity index (χ0) is 15.2. The zero-order valence-corrected chi connectivity index (χ0v) is 13.1. The minimum absolute atomic E-state index is 0.0488. The van der Waals surface area contributed by atoms with Crippen LogP contribution in [-0.4, -0.2) is 29.9 Å². The molecule has 2 N–H and O–H groups in total. The van der Waals surface area contributed by atoms with E-state index in [1.165, 1.54) is 4.88 Å². The largest absolute Gasteiger partial charge is 0.328 e. The molecule has 2 heterocycles. The van der Waals surface area contributed by atoms with E-state index in [0.29, 0.717) is 6.54 Å². The monoisotopic (exact) mass is 313 g/mol. The molecule has 0 saturated carbocycles. The van der Waals surface area contributed by atoms with Gasteiger partial charge in [0.25, 0.3) is 0 Å². The van der Waals surface area contributed by atoms with Crippen molar-refractivity contribution in [2.24, 2.45) is 0 Å². The quantitative estimate of drug-likeness (QED) is 0.832. The first kappa shape index (κ1) is 15.0. The maximum Gasteiger partial charge on any atom is 0.247 e. The van der Waals surface area contributed by atoms with Gasteiger partial charge in [-0.1, -0.05) is 36.4 Å². The highest BCUT2D eigenvalue weighted by Gasteiger charge is 2.25. The third-order valence-corrected chi connectivity index (χ3v) is 4.51. The normalized spacial score (nSPS) is 15.5. The van der Waals surface area contributed by atoms with Crippen LogP contribution in [-0.2, 0) is 11.3 Å². The van der Waals surface area contributed by atoms with Crippen LogP contribution >= 0.6 is 11.3 Å². The highest BCUT2D eigenvalue weighted by atomic mass is 32.1. The summed E-state index contributed by atoms with van der Waals surface area (Å²) < 4.78 is 0. The van der Waals surface area contributed by atoms with E-state index in [1.54, 1.807) is 17.4 Å². The topological polar surface area (TPSA) is 44.4 Å². The van der Waals surface area contributed by atoms with E-state index in [2.05, 4.69) is 16.9 Å². The summed E-state index contributed by atoms with van der Waals surface area (Å²) in [4.78, 5) is 15.7. The summed E-state index contributed by atoms with van der Waals surface area (Å²) in [7, 11) is 0. The van der Waals surface area contributed by atoms with E-state index < -0.39 is 0 Å². The molecule has 1 aromatic carbocycles. The summed E-state index contributed by atoms with van der Waals surface area (Å²) in [6.45, 7) is 2.20. The molecule has 1 amide bonds. The van der Waals surface area contributed by atoms with Gasteiger partial charge in [-0.2, -0.15) is 0 Å². The van der Waals surface area contributed by atoms with E-state index in [0.717, 1.165) is 18.7 Å². The Labute approximate surface area is 134 Å². The molecule has 1 aromatic heterocycles. The molecule has 114 valence electrons. The first-order valence-corrected chi connectivity index (χ1v) is 8.23. The maximum absolute atomic E-state index is 12.6. The molecule has 1 aliphatic heterocycles. The third kappa shape index (κ3) is 3.82. The number of carbonyl (C=O) groups excluding carboxylic acids is 1. The first-order valence-electron chi connectivity index (χ1n) is 7.35. The Hall–Kier alpha value is -1.95. The number of nitrogens with zero attached hydrogens (tertiary/aromatic N) is 1. The van der Waals surface area contributed by atoms with Gasteiger partial charge < -0.3 is 4.90 Å². The number of thiophene rings is 1. The predicted octanol–water partition coefficient (Wildman–Crippen LogP) is 2.27. The minimum Gasteiger partial charge on any atom is -0.328 e. The summed E-state index contributed by atoms with van der Waals surface area (Å²) in [6, 6.07) is 14.2. The molecule has 0 radical (unpaired) electrons. The molecule has 0 aliphatic carbocycles. The fourth-order valence-corrected chi connectivity index (χ4v) is 3.16. The van der Waals surface area contributed by atoms with Gasteiger partial charge in [0, 0.05) is 24.0 Å². The van der Waals surface area contributed by atoms with Crippen LogP contribution in [0.2, 0.25) is 0 Å². The maximum atomic E-state index is 12.6. The van der Waals surface area contributed by atoms with Crippen molar-refractivity contribution < 1.29 is 4.79 Å². The minimum atomic E-state index is 0.0488.